The third-order valence-electron chi connectivity index (χ3n) is 7.87. The number of carbonyl (C=O) groups excluding carboxylic acids is 4. The molecule has 2 aliphatic rings. The summed E-state index contributed by atoms with van der Waals surface area (Å²) in [5.41, 5.74) is 4.48. The van der Waals surface area contributed by atoms with E-state index in [0.29, 0.717) is 59.0 Å². The van der Waals surface area contributed by atoms with Gasteiger partial charge in [0.15, 0.2) is 0 Å². The van der Waals surface area contributed by atoms with Gasteiger partial charge in [-0.2, -0.15) is 0 Å². The van der Waals surface area contributed by atoms with Gasteiger partial charge in [0, 0.05) is 62.9 Å². The largest absolute Gasteiger partial charge is 0.352 e. The molecule has 11 nitrogen and oxygen atoms in total. The number of amides is 5. The lowest BCUT2D eigenvalue weighted by molar-refractivity contribution is -0.140. The highest BCUT2D eigenvalue weighted by molar-refractivity contribution is 6.39. The molecule has 0 saturated carbocycles. The van der Waals surface area contributed by atoms with Crippen molar-refractivity contribution in [1.82, 2.24) is 30.4 Å². The highest BCUT2D eigenvalue weighted by Gasteiger charge is 2.39. The van der Waals surface area contributed by atoms with Crippen LogP contribution in [-0.2, 0) is 27.3 Å². The molecule has 2 saturated heterocycles. The monoisotopic (exact) mass is 637 g/mol. The highest BCUT2D eigenvalue weighted by Crippen LogP contribution is 2.41. The Hall–Kier alpha value is -4.06. The van der Waals surface area contributed by atoms with Crippen molar-refractivity contribution >= 4 is 52.6 Å². The summed E-state index contributed by atoms with van der Waals surface area (Å²) in [4.78, 5) is 61.1. The number of imide groups is 1. The number of urea groups is 1. The predicted octanol–water partition coefficient (Wildman–Crippen LogP) is 4.13. The summed E-state index contributed by atoms with van der Waals surface area (Å²) in [6.45, 7) is 3.17. The first-order chi connectivity index (χ1) is 21.1. The van der Waals surface area contributed by atoms with Crippen LogP contribution in [0, 0.1) is 5.92 Å². The molecule has 0 bridgehead atoms. The molecular weight excluding hydrogens is 605 g/mol. The maximum absolute atomic E-state index is 13.1. The summed E-state index contributed by atoms with van der Waals surface area (Å²) >= 11 is 13.7. The fraction of sp³-hybridized carbons (Fsp3) is 0.355. The van der Waals surface area contributed by atoms with Crippen molar-refractivity contribution in [2.24, 2.45) is 5.92 Å². The highest BCUT2D eigenvalue weighted by atomic mass is 35.5. The summed E-state index contributed by atoms with van der Waals surface area (Å²) in [5, 5.41) is 9.74. The number of nitrogens with zero attached hydrogens (tertiary/aromatic N) is 4. The number of hydrogen-bond donors (Lipinski definition) is 3. The SMILES string of the molecule is CCc1nc(-c2cccc(-c3cccc(NC(=O)C4CN(C)C(=O)N(C)C4=O)c3Cl)c2Cl)cnc1CNC[C@@H]1CCC(=O)N1. The minimum atomic E-state index is -1.07. The van der Waals surface area contributed by atoms with E-state index in [0.717, 1.165) is 22.7 Å². The number of carbonyl (C=O) groups is 4. The number of rotatable bonds is 9. The zero-order valence-electron chi connectivity index (χ0n) is 24.6. The van der Waals surface area contributed by atoms with Crippen LogP contribution in [0.2, 0.25) is 10.0 Å². The smallest absolute Gasteiger partial charge is 0.326 e. The van der Waals surface area contributed by atoms with E-state index >= 15 is 0 Å². The van der Waals surface area contributed by atoms with Crippen molar-refractivity contribution in [2.45, 2.75) is 38.8 Å². The van der Waals surface area contributed by atoms with Gasteiger partial charge in [-0.1, -0.05) is 60.5 Å². The molecular formula is C31H33Cl2N7O4. The van der Waals surface area contributed by atoms with Crippen molar-refractivity contribution in [3.63, 3.8) is 0 Å². The van der Waals surface area contributed by atoms with Gasteiger partial charge in [0.2, 0.25) is 17.7 Å². The molecule has 0 radical (unpaired) electrons. The molecule has 5 amide bonds. The molecule has 0 aliphatic carbocycles. The van der Waals surface area contributed by atoms with Crippen LogP contribution in [0.15, 0.2) is 42.6 Å². The van der Waals surface area contributed by atoms with Crippen LogP contribution in [0.25, 0.3) is 22.4 Å². The quantitative estimate of drug-likeness (QED) is 0.300. The van der Waals surface area contributed by atoms with Crippen LogP contribution in [0.4, 0.5) is 10.5 Å². The molecule has 3 N–H and O–H groups in total. The van der Waals surface area contributed by atoms with Crippen LogP contribution < -0.4 is 16.0 Å². The Bertz CT molecular complexity index is 1630. The van der Waals surface area contributed by atoms with E-state index in [2.05, 4.69) is 20.9 Å². The fourth-order valence-electron chi connectivity index (χ4n) is 5.41. The molecule has 13 heteroatoms. The van der Waals surface area contributed by atoms with Crippen molar-refractivity contribution in [3.8, 4) is 22.4 Å². The van der Waals surface area contributed by atoms with Crippen LogP contribution in [0.3, 0.4) is 0 Å². The van der Waals surface area contributed by atoms with E-state index in [9.17, 15) is 19.2 Å². The van der Waals surface area contributed by atoms with Gasteiger partial charge in [-0.25, -0.2) is 9.78 Å². The van der Waals surface area contributed by atoms with Gasteiger partial charge in [0.25, 0.3) is 0 Å². The third-order valence-corrected chi connectivity index (χ3v) is 8.69. The molecule has 0 spiro atoms. The molecule has 1 aromatic heterocycles. The molecule has 1 unspecified atom stereocenters. The minimum absolute atomic E-state index is 0.0343. The van der Waals surface area contributed by atoms with E-state index < -0.39 is 23.8 Å². The zero-order chi connectivity index (χ0) is 31.5. The summed E-state index contributed by atoms with van der Waals surface area (Å²) in [6.07, 6.45) is 3.75. The van der Waals surface area contributed by atoms with Crippen LogP contribution >= 0.6 is 23.2 Å². The lowest BCUT2D eigenvalue weighted by Crippen LogP contribution is -2.56. The van der Waals surface area contributed by atoms with Crippen molar-refractivity contribution in [1.29, 1.82) is 0 Å². The summed E-state index contributed by atoms with van der Waals surface area (Å²) in [6, 6.07) is 10.4. The Morgan fingerprint density at radius 1 is 1.02 bits per heavy atom. The molecule has 2 aromatic carbocycles. The molecule has 44 heavy (non-hydrogen) atoms. The van der Waals surface area contributed by atoms with Gasteiger partial charge in [-0.15, -0.1) is 0 Å². The van der Waals surface area contributed by atoms with E-state index in [-0.39, 0.29) is 23.5 Å². The molecule has 3 aromatic rings. The third kappa shape index (κ3) is 6.40. The standard InChI is InChI=1S/C31H33Cl2N7O4/c1-4-22-25(14-34-13-17-11-12-26(41)36-17)35-15-24(37-22)20-9-5-7-18(27(20)32)19-8-6-10-23(28(19)33)38-29(42)21-16-39(2)31(44)40(3)30(21)43/h5-10,15,17,21,34H,4,11-14,16H2,1-3H3,(H,36,41)(H,38,42)/t17-,21?/m0/s1. The number of halogens is 2. The Morgan fingerprint density at radius 3 is 2.43 bits per heavy atom. The van der Waals surface area contributed by atoms with Crippen LogP contribution in [0.1, 0.15) is 31.2 Å². The second-order valence-electron chi connectivity index (χ2n) is 10.9. The summed E-state index contributed by atoms with van der Waals surface area (Å²) in [7, 11) is 2.88. The van der Waals surface area contributed by atoms with Gasteiger partial charge in [0.05, 0.1) is 39.0 Å². The predicted molar refractivity (Wildman–Crippen MR) is 168 cm³/mol. The average Bonchev–Trinajstić information content (AvgIpc) is 3.44. The van der Waals surface area contributed by atoms with Crippen LogP contribution in [0.5, 0.6) is 0 Å². The topological polar surface area (TPSA) is 137 Å². The second kappa shape index (κ2) is 13.3. The van der Waals surface area contributed by atoms with Crippen LogP contribution in [-0.4, -0.2) is 76.7 Å². The molecule has 2 atom stereocenters. The van der Waals surface area contributed by atoms with E-state index in [1.807, 2.05) is 25.1 Å². The Labute approximate surface area is 265 Å². The van der Waals surface area contributed by atoms with Gasteiger partial charge in [-0.05, 0) is 18.9 Å². The maximum atomic E-state index is 13.1. The van der Waals surface area contributed by atoms with E-state index in [1.165, 1.54) is 19.0 Å². The fourth-order valence-corrected chi connectivity index (χ4v) is 6.01. The first-order valence-corrected chi connectivity index (χ1v) is 15.1. The zero-order valence-corrected chi connectivity index (χ0v) is 26.1. The average molecular weight is 639 g/mol. The first kappa shape index (κ1) is 31.4. The van der Waals surface area contributed by atoms with Crippen molar-refractivity contribution in [2.75, 3.05) is 32.5 Å². The molecule has 2 fully saturated rings. The number of benzene rings is 2. The first-order valence-electron chi connectivity index (χ1n) is 14.3. The molecule has 5 rings (SSSR count). The summed E-state index contributed by atoms with van der Waals surface area (Å²) in [5.74, 6) is -2.12. The maximum Gasteiger partial charge on any atom is 0.326 e. The van der Waals surface area contributed by atoms with Gasteiger partial charge in [-0.3, -0.25) is 24.3 Å². The molecule has 230 valence electrons. The number of aromatic nitrogens is 2. The molecule has 3 heterocycles. The summed E-state index contributed by atoms with van der Waals surface area (Å²) < 4.78 is 0. The Balaban J connectivity index is 1.35. The number of nitrogens with one attached hydrogen (secondary N) is 3. The van der Waals surface area contributed by atoms with Gasteiger partial charge in [0.1, 0.15) is 5.92 Å². The number of hydrogen-bond acceptors (Lipinski definition) is 7. The Kier molecular flexibility index (Phi) is 9.48. The lowest BCUT2D eigenvalue weighted by Gasteiger charge is -2.33. The number of aryl methyl sites for hydroxylation is 1. The normalized spacial score (nSPS) is 18.5. The number of anilines is 1. The lowest BCUT2D eigenvalue weighted by atomic mass is 10.00. The van der Waals surface area contributed by atoms with E-state index in [4.69, 9.17) is 28.2 Å². The van der Waals surface area contributed by atoms with Gasteiger partial charge >= 0.3 is 6.03 Å². The Morgan fingerprint density at radius 2 is 1.73 bits per heavy atom. The molecule has 2 aliphatic heterocycles. The minimum Gasteiger partial charge on any atom is -0.352 e. The second-order valence-corrected chi connectivity index (χ2v) is 11.6. The van der Waals surface area contributed by atoms with Gasteiger partial charge < -0.3 is 20.9 Å². The van der Waals surface area contributed by atoms with Crippen molar-refractivity contribution in [3.05, 3.63) is 64.0 Å². The van der Waals surface area contributed by atoms with E-state index in [1.54, 1.807) is 24.4 Å². The van der Waals surface area contributed by atoms with Crippen molar-refractivity contribution < 1.29 is 19.2 Å².